The summed E-state index contributed by atoms with van der Waals surface area (Å²) in [5, 5.41) is 0. The Hall–Kier alpha value is -2.87. The third kappa shape index (κ3) is 4.33. The molecule has 158 valence electrons. The summed E-state index contributed by atoms with van der Waals surface area (Å²) < 4.78 is 30.9. The summed E-state index contributed by atoms with van der Waals surface area (Å²) in [6, 6.07) is 13.5. The molecule has 0 spiro atoms. The second-order valence-electron chi connectivity index (χ2n) is 7.56. The predicted octanol–water partition coefficient (Wildman–Crippen LogP) is 2.82. The molecule has 2 aliphatic heterocycles. The average molecular weight is 429 g/mol. The van der Waals surface area contributed by atoms with Gasteiger partial charge in [0, 0.05) is 25.2 Å². The smallest absolute Gasteiger partial charge is 0.338 e. The molecule has 2 heterocycles. The van der Waals surface area contributed by atoms with Crippen LogP contribution in [-0.4, -0.2) is 50.6 Å². The first-order valence-corrected chi connectivity index (χ1v) is 11.7. The maximum absolute atomic E-state index is 12.4. The van der Waals surface area contributed by atoms with Crippen molar-refractivity contribution in [3.63, 3.8) is 0 Å². The van der Waals surface area contributed by atoms with E-state index in [2.05, 4.69) is 0 Å². The molecule has 2 fully saturated rings. The normalized spacial score (nSPS) is 17.9. The van der Waals surface area contributed by atoms with Gasteiger partial charge in [-0.3, -0.25) is 9.10 Å². The molecule has 2 aromatic rings. The zero-order valence-corrected chi connectivity index (χ0v) is 17.4. The SMILES string of the molecule is O=C(OCc1ccc(C(=O)N2CCCC2)cc1)c1cccc(N2CCCS2(=O)=O)c1. The van der Waals surface area contributed by atoms with Crippen LogP contribution < -0.4 is 4.31 Å². The minimum Gasteiger partial charge on any atom is -0.457 e. The Kier molecular flexibility index (Phi) is 5.76. The molecule has 1 amide bonds. The first-order chi connectivity index (χ1) is 14.4. The third-order valence-electron chi connectivity index (χ3n) is 5.43. The fraction of sp³-hybridized carbons (Fsp3) is 0.364. The van der Waals surface area contributed by atoms with E-state index in [9.17, 15) is 18.0 Å². The van der Waals surface area contributed by atoms with Gasteiger partial charge in [0.1, 0.15) is 6.61 Å². The number of hydrogen-bond acceptors (Lipinski definition) is 5. The van der Waals surface area contributed by atoms with E-state index < -0.39 is 16.0 Å². The van der Waals surface area contributed by atoms with Crippen molar-refractivity contribution in [3.8, 4) is 0 Å². The van der Waals surface area contributed by atoms with Gasteiger partial charge in [-0.15, -0.1) is 0 Å². The third-order valence-corrected chi connectivity index (χ3v) is 7.30. The molecule has 0 bridgehead atoms. The van der Waals surface area contributed by atoms with Gasteiger partial charge in [-0.25, -0.2) is 13.2 Å². The summed E-state index contributed by atoms with van der Waals surface area (Å²) in [6.07, 6.45) is 2.67. The number of rotatable bonds is 5. The topological polar surface area (TPSA) is 84.0 Å². The van der Waals surface area contributed by atoms with Crippen molar-refractivity contribution in [2.24, 2.45) is 0 Å². The van der Waals surface area contributed by atoms with Gasteiger partial charge in [0.15, 0.2) is 0 Å². The number of anilines is 1. The van der Waals surface area contributed by atoms with Crippen LogP contribution in [0.3, 0.4) is 0 Å². The maximum atomic E-state index is 12.4. The highest BCUT2D eigenvalue weighted by Gasteiger charge is 2.28. The molecular formula is C22H24N2O5S. The molecule has 4 rings (SSSR count). The van der Waals surface area contributed by atoms with Crippen molar-refractivity contribution in [1.82, 2.24) is 4.90 Å². The van der Waals surface area contributed by atoms with Gasteiger partial charge in [0.25, 0.3) is 5.91 Å². The second kappa shape index (κ2) is 8.47. The van der Waals surface area contributed by atoms with E-state index in [-0.39, 0.29) is 18.3 Å². The summed E-state index contributed by atoms with van der Waals surface area (Å²) >= 11 is 0. The van der Waals surface area contributed by atoms with Gasteiger partial charge in [0.05, 0.1) is 17.0 Å². The van der Waals surface area contributed by atoms with Crippen LogP contribution in [0.25, 0.3) is 0 Å². The number of sulfonamides is 1. The van der Waals surface area contributed by atoms with Gasteiger partial charge in [0.2, 0.25) is 10.0 Å². The minimum atomic E-state index is -3.31. The van der Waals surface area contributed by atoms with Crippen molar-refractivity contribution in [2.75, 3.05) is 29.7 Å². The Morgan fingerprint density at radius 2 is 1.63 bits per heavy atom. The summed E-state index contributed by atoms with van der Waals surface area (Å²) in [6.45, 7) is 2.10. The van der Waals surface area contributed by atoms with E-state index in [0.29, 0.717) is 29.8 Å². The maximum Gasteiger partial charge on any atom is 0.338 e. The predicted molar refractivity (Wildman–Crippen MR) is 113 cm³/mol. The molecule has 7 nitrogen and oxygen atoms in total. The van der Waals surface area contributed by atoms with Gasteiger partial charge in [-0.1, -0.05) is 18.2 Å². The molecule has 0 unspecified atom stereocenters. The highest BCUT2D eigenvalue weighted by molar-refractivity contribution is 7.93. The van der Waals surface area contributed by atoms with Gasteiger partial charge in [-0.05, 0) is 55.2 Å². The lowest BCUT2D eigenvalue weighted by molar-refractivity contribution is 0.0472. The van der Waals surface area contributed by atoms with Gasteiger partial charge < -0.3 is 9.64 Å². The monoisotopic (exact) mass is 428 g/mol. The lowest BCUT2D eigenvalue weighted by Gasteiger charge is -2.17. The number of nitrogens with zero attached hydrogens (tertiary/aromatic N) is 2. The van der Waals surface area contributed by atoms with Crippen LogP contribution >= 0.6 is 0 Å². The molecule has 0 saturated carbocycles. The van der Waals surface area contributed by atoms with E-state index >= 15 is 0 Å². The minimum absolute atomic E-state index is 0.0322. The number of carbonyl (C=O) groups is 2. The largest absolute Gasteiger partial charge is 0.457 e. The summed E-state index contributed by atoms with van der Waals surface area (Å²) in [7, 11) is -3.31. The summed E-state index contributed by atoms with van der Waals surface area (Å²) in [5.41, 5.74) is 2.19. The Morgan fingerprint density at radius 1 is 0.900 bits per heavy atom. The van der Waals surface area contributed by atoms with Crippen molar-refractivity contribution in [3.05, 3.63) is 65.2 Å². The number of carbonyl (C=O) groups excluding carboxylic acids is 2. The standard InChI is InChI=1S/C22H24N2O5S/c25-21(23-11-1-2-12-23)18-9-7-17(8-10-18)16-29-22(26)19-5-3-6-20(15-19)24-13-4-14-30(24,27)28/h3,5-10,15H,1-2,4,11-14,16H2. The highest BCUT2D eigenvalue weighted by Crippen LogP contribution is 2.25. The van der Waals surface area contributed by atoms with Crippen molar-refractivity contribution < 1.29 is 22.7 Å². The van der Waals surface area contributed by atoms with Crippen molar-refractivity contribution >= 4 is 27.6 Å². The summed E-state index contributed by atoms with van der Waals surface area (Å²) in [5.74, 6) is -0.367. The van der Waals surface area contributed by atoms with E-state index in [4.69, 9.17) is 4.74 Å². The number of benzene rings is 2. The van der Waals surface area contributed by atoms with Crippen LogP contribution in [0, 0.1) is 0 Å². The number of esters is 1. The van der Waals surface area contributed by atoms with E-state index in [1.165, 1.54) is 4.31 Å². The molecule has 8 heteroatoms. The van der Waals surface area contributed by atoms with Crippen LogP contribution in [0.2, 0.25) is 0 Å². The molecule has 2 aromatic carbocycles. The van der Waals surface area contributed by atoms with Crippen LogP contribution in [0.4, 0.5) is 5.69 Å². The highest BCUT2D eigenvalue weighted by atomic mass is 32.2. The number of likely N-dealkylation sites (tertiary alicyclic amines) is 1. The molecule has 0 atom stereocenters. The van der Waals surface area contributed by atoms with Crippen LogP contribution in [0.1, 0.15) is 45.5 Å². The van der Waals surface area contributed by atoms with Crippen LogP contribution in [0.15, 0.2) is 48.5 Å². The molecule has 2 aliphatic rings. The van der Waals surface area contributed by atoms with Gasteiger partial charge >= 0.3 is 5.97 Å². The molecular weight excluding hydrogens is 404 g/mol. The zero-order chi connectivity index (χ0) is 21.1. The first-order valence-electron chi connectivity index (χ1n) is 10.1. The van der Waals surface area contributed by atoms with Crippen molar-refractivity contribution in [2.45, 2.75) is 25.9 Å². The molecule has 30 heavy (non-hydrogen) atoms. The number of hydrogen-bond donors (Lipinski definition) is 0. The fourth-order valence-corrected chi connectivity index (χ4v) is 5.35. The Balaban J connectivity index is 1.38. The summed E-state index contributed by atoms with van der Waals surface area (Å²) in [4.78, 5) is 26.7. The molecule has 0 N–H and O–H groups in total. The second-order valence-corrected chi connectivity index (χ2v) is 9.58. The zero-order valence-electron chi connectivity index (χ0n) is 16.6. The van der Waals surface area contributed by atoms with Crippen LogP contribution in [-0.2, 0) is 21.4 Å². The lowest BCUT2D eigenvalue weighted by atomic mass is 10.1. The quantitative estimate of drug-likeness (QED) is 0.684. The molecule has 0 aromatic heterocycles. The van der Waals surface area contributed by atoms with E-state index in [0.717, 1.165) is 31.5 Å². The number of ether oxygens (including phenoxy) is 1. The fourth-order valence-electron chi connectivity index (χ4n) is 3.80. The first kappa shape index (κ1) is 20.4. The molecule has 0 radical (unpaired) electrons. The van der Waals surface area contributed by atoms with Gasteiger partial charge in [-0.2, -0.15) is 0 Å². The Bertz CT molecular complexity index is 1040. The molecule has 0 aliphatic carbocycles. The Labute approximate surface area is 176 Å². The average Bonchev–Trinajstić information content (AvgIpc) is 3.41. The van der Waals surface area contributed by atoms with E-state index in [1.54, 1.807) is 48.5 Å². The lowest BCUT2D eigenvalue weighted by Crippen LogP contribution is -2.27. The van der Waals surface area contributed by atoms with Crippen molar-refractivity contribution in [1.29, 1.82) is 0 Å². The van der Waals surface area contributed by atoms with E-state index in [1.807, 2.05) is 4.90 Å². The van der Waals surface area contributed by atoms with Crippen LogP contribution in [0.5, 0.6) is 0 Å². The Morgan fingerprint density at radius 3 is 2.30 bits per heavy atom. The molecule has 2 saturated heterocycles. The number of amides is 1.